The molecule has 1 fully saturated rings. The molecule has 0 unspecified atom stereocenters. The molecule has 0 bridgehead atoms. The van der Waals surface area contributed by atoms with E-state index in [1.165, 1.54) is 6.07 Å². The SMILES string of the molecule is CN(c1ccc2nnc(-c3ccccc3F)n2n1)C1CCN(C(=O)OC(C)(C)C)CC1. The molecule has 1 saturated heterocycles. The molecule has 0 atom stereocenters. The third-order valence-electron chi connectivity index (χ3n) is 5.39. The highest BCUT2D eigenvalue weighted by Crippen LogP contribution is 2.25. The van der Waals surface area contributed by atoms with Crippen molar-refractivity contribution in [3.8, 4) is 11.4 Å². The fraction of sp³-hybridized carbons (Fsp3) is 0.455. The molecule has 0 saturated carbocycles. The molecule has 0 N–H and O–H groups in total. The van der Waals surface area contributed by atoms with Crippen LogP contribution >= 0.6 is 0 Å². The highest BCUT2D eigenvalue weighted by atomic mass is 19.1. The number of hydrogen-bond donors (Lipinski definition) is 0. The predicted molar refractivity (Wildman–Crippen MR) is 115 cm³/mol. The van der Waals surface area contributed by atoms with Gasteiger partial charge < -0.3 is 14.5 Å². The van der Waals surface area contributed by atoms with Gasteiger partial charge >= 0.3 is 6.09 Å². The lowest BCUT2D eigenvalue weighted by Gasteiger charge is -2.37. The molecule has 164 valence electrons. The number of amides is 1. The fourth-order valence-electron chi connectivity index (χ4n) is 3.73. The lowest BCUT2D eigenvalue weighted by molar-refractivity contribution is 0.0205. The van der Waals surface area contributed by atoms with Crippen LogP contribution in [0.3, 0.4) is 0 Å². The molecule has 4 rings (SSSR count). The molecule has 9 heteroatoms. The maximum Gasteiger partial charge on any atom is 0.410 e. The lowest BCUT2D eigenvalue weighted by Crippen LogP contribution is -2.47. The third kappa shape index (κ3) is 4.45. The Balaban J connectivity index is 1.50. The van der Waals surface area contributed by atoms with E-state index in [0.717, 1.165) is 18.7 Å². The maximum atomic E-state index is 14.3. The Morgan fingerprint density at radius 3 is 2.52 bits per heavy atom. The molecular formula is C22H27FN6O2. The third-order valence-corrected chi connectivity index (χ3v) is 5.39. The Morgan fingerprint density at radius 2 is 1.84 bits per heavy atom. The Labute approximate surface area is 180 Å². The van der Waals surface area contributed by atoms with E-state index in [1.54, 1.807) is 27.6 Å². The van der Waals surface area contributed by atoms with Crippen molar-refractivity contribution in [3.05, 3.63) is 42.2 Å². The van der Waals surface area contributed by atoms with Crippen LogP contribution in [0, 0.1) is 5.82 Å². The van der Waals surface area contributed by atoms with Gasteiger partial charge in [0.15, 0.2) is 11.5 Å². The molecule has 8 nitrogen and oxygen atoms in total. The lowest BCUT2D eigenvalue weighted by atomic mass is 10.0. The zero-order valence-electron chi connectivity index (χ0n) is 18.2. The second-order valence-electron chi connectivity index (χ2n) is 8.77. The number of ether oxygens (including phenoxy) is 1. The number of anilines is 1. The molecule has 0 spiro atoms. The zero-order valence-corrected chi connectivity index (χ0v) is 18.2. The Bertz CT molecular complexity index is 1090. The van der Waals surface area contributed by atoms with Gasteiger partial charge in [0.05, 0.1) is 5.56 Å². The highest BCUT2D eigenvalue weighted by Gasteiger charge is 2.29. The first kappa shape index (κ1) is 21.0. The van der Waals surface area contributed by atoms with Crippen LogP contribution in [0.25, 0.3) is 17.0 Å². The van der Waals surface area contributed by atoms with Crippen molar-refractivity contribution in [3.63, 3.8) is 0 Å². The number of halogens is 1. The van der Waals surface area contributed by atoms with Crippen LogP contribution in [0.15, 0.2) is 36.4 Å². The van der Waals surface area contributed by atoms with Gasteiger partial charge in [-0.05, 0) is 57.9 Å². The van der Waals surface area contributed by atoms with Gasteiger partial charge in [0.2, 0.25) is 0 Å². The van der Waals surface area contributed by atoms with E-state index in [1.807, 2.05) is 40.0 Å². The summed E-state index contributed by atoms with van der Waals surface area (Å²) in [6.45, 7) is 6.86. The summed E-state index contributed by atoms with van der Waals surface area (Å²) >= 11 is 0. The van der Waals surface area contributed by atoms with Gasteiger partial charge in [-0.15, -0.1) is 15.3 Å². The van der Waals surface area contributed by atoms with E-state index in [2.05, 4.69) is 20.2 Å². The number of carbonyl (C=O) groups excluding carboxylic acids is 1. The Morgan fingerprint density at radius 1 is 1.13 bits per heavy atom. The first-order valence-electron chi connectivity index (χ1n) is 10.4. The number of benzene rings is 1. The zero-order chi connectivity index (χ0) is 22.2. The number of piperidine rings is 1. The average Bonchev–Trinajstić information content (AvgIpc) is 3.15. The minimum absolute atomic E-state index is 0.219. The van der Waals surface area contributed by atoms with Gasteiger partial charge in [-0.2, -0.15) is 4.52 Å². The quantitative estimate of drug-likeness (QED) is 0.635. The van der Waals surface area contributed by atoms with E-state index in [-0.39, 0.29) is 18.0 Å². The number of fused-ring (bicyclic) bond motifs is 1. The first-order valence-corrected chi connectivity index (χ1v) is 10.4. The molecule has 1 aliphatic rings. The van der Waals surface area contributed by atoms with E-state index < -0.39 is 5.60 Å². The van der Waals surface area contributed by atoms with Gasteiger partial charge in [-0.3, -0.25) is 0 Å². The van der Waals surface area contributed by atoms with Gasteiger partial charge in [0, 0.05) is 26.2 Å². The van der Waals surface area contributed by atoms with Crippen LogP contribution in [-0.2, 0) is 4.74 Å². The largest absolute Gasteiger partial charge is 0.444 e. The highest BCUT2D eigenvalue weighted by molar-refractivity contribution is 5.68. The summed E-state index contributed by atoms with van der Waals surface area (Å²) in [5.41, 5.74) is 0.405. The van der Waals surface area contributed by atoms with Crippen LogP contribution < -0.4 is 4.90 Å². The Hall–Kier alpha value is -3.23. The van der Waals surface area contributed by atoms with Gasteiger partial charge in [0.25, 0.3) is 0 Å². The maximum absolute atomic E-state index is 14.3. The molecule has 0 radical (unpaired) electrons. The number of nitrogens with zero attached hydrogens (tertiary/aromatic N) is 6. The van der Waals surface area contributed by atoms with Crippen molar-refractivity contribution >= 4 is 17.6 Å². The summed E-state index contributed by atoms with van der Waals surface area (Å²) in [5.74, 6) is 0.732. The molecule has 31 heavy (non-hydrogen) atoms. The van der Waals surface area contributed by atoms with E-state index >= 15 is 0 Å². The van der Waals surface area contributed by atoms with Crippen molar-refractivity contribution in [2.24, 2.45) is 0 Å². The monoisotopic (exact) mass is 426 g/mol. The second kappa shape index (κ2) is 8.13. The smallest absolute Gasteiger partial charge is 0.410 e. The summed E-state index contributed by atoms with van der Waals surface area (Å²) < 4.78 is 21.3. The topological polar surface area (TPSA) is 75.9 Å². The number of likely N-dealkylation sites (tertiary alicyclic amines) is 1. The number of hydrogen-bond acceptors (Lipinski definition) is 6. The van der Waals surface area contributed by atoms with Crippen molar-refractivity contribution in [2.75, 3.05) is 25.0 Å². The summed E-state index contributed by atoms with van der Waals surface area (Å²) in [5, 5.41) is 12.9. The normalized spacial score (nSPS) is 15.3. The minimum Gasteiger partial charge on any atom is -0.444 e. The molecule has 1 aromatic carbocycles. The molecular weight excluding hydrogens is 399 g/mol. The van der Waals surface area contributed by atoms with E-state index in [9.17, 15) is 9.18 Å². The predicted octanol–water partition coefficient (Wildman–Crippen LogP) is 3.77. The fourth-order valence-corrected chi connectivity index (χ4v) is 3.73. The van der Waals surface area contributed by atoms with E-state index in [4.69, 9.17) is 4.74 Å². The van der Waals surface area contributed by atoms with Crippen molar-refractivity contribution < 1.29 is 13.9 Å². The van der Waals surface area contributed by atoms with Crippen molar-refractivity contribution in [1.29, 1.82) is 0 Å². The van der Waals surface area contributed by atoms with Gasteiger partial charge in [0.1, 0.15) is 17.2 Å². The summed E-state index contributed by atoms with van der Waals surface area (Å²) in [6.07, 6.45) is 1.34. The number of aromatic nitrogens is 4. The molecule has 3 heterocycles. The second-order valence-corrected chi connectivity index (χ2v) is 8.77. The first-order chi connectivity index (χ1) is 14.7. The Kier molecular flexibility index (Phi) is 5.51. The number of rotatable bonds is 3. The minimum atomic E-state index is -0.501. The molecule has 0 aliphatic carbocycles. The van der Waals surface area contributed by atoms with E-state index in [0.29, 0.717) is 30.1 Å². The molecule has 1 aliphatic heterocycles. The van der Waals surface area contributed by atoms with Crippen LogP contribution in [0.2, 0.25) is 0 Å². The van der Waals surface area contributed by atoms with Gasteiger partial charge in [-0.1, -0.05) is 12.1 Å². The van der Waals surface area contributed by atoms with Gasteiger partial charge in [-0.25, -0.2) is 9.18 Å². The van der Waals surface area contributed by atoms with Crippen LogP contribution in [0.4, 0.5) is 15.0 Å². The van der Waals surface area contributed by atoms with Crippen molar-refractivity contribution in [1.82, 2.24) is 24.7 Å². The van der Waals surface area contributed by atoms with Crippen LogP contribution in [-0.4, -0.2) is 62.6 Å². The summed E-state index contributed by atoms with van der Waals surface area (Å²) in [6, 6.07) is 10.4. The summed E-state index contributed by atoms with van der Waals surface area (Å²) in [7, 11) is 1.98. The van der Waals surface area contributed by atoms with Crippen molar-refractivity contribution in [2.45, 2.75) is 45.3 Å². The molecule has 1 amide bonds. The standard InChI is InChI=1S/C22H27FN6O2/c1-22(2,3)31-21(30)28-13-11-15(12-14-28)27(4)19-10-9-18-24-25-20(29(18)26-19)16-7-5-6-8-17(16)23/h5-10,15H,11-14H2,1-4H3. The summed E-state index contributed by atoms with van der Waals surface area (Å²) in [4.78, 5) is 16.2. The molecule has 3 aromatic rings. The molecule has 2 aromatic heterocycles. The van der Waals surface area contributed by atoms with Crippen LogP contribution in [0.1, 0.15) is 33.6 Å². The van der Waals surface area contributed by atoms with Crippen LogP contribution in [0.5, 0.6) is 0 Å². The number of carbonyl (C=O) groups is 1. The average molecular weight is 426 g/mol.